The van der Waals surface area contributed by atoms with Gasteiger partial charge in [-0.15, -0.1) is 0 Å². The molecule has 0 aromatic heterocycles. The number of nitrogens with two attached hydrogens (primary N) is 1. The summed E-state index contributed by atoms with van der Waals surface area (Å²) in [6, 6.07) is 7.93. The maximum absolute atomic E-state index is 9.53. The van der Waals surface area contributed by atoms with Crippen LogP contribution in [0.4, 0.5) is 5.69 Å². The number of aliphatic hydroxyl groups excluding tert-OH is 1. The van der Waals surface area contributed by atoms with Crippen LogP contribution in [-0.4, -0.2) is 24.7 Å². The molecule has 0 fully saturated rings. The van der Waals surface area contributed by atoms with Gasteiger partial charge in [0.05, 0.1) is 6.10 Å². The van der Waals surface area contributed by atoms with E-state index in [1.165, 1.54) is 5.69 Å². The van der Waals surface area contributed by atoms with Gasteiger partial charge in [0.25, 0.3) is 0 Å². The van der Waals surface area contributed by atoms with Gasteiger partial charge >= 0.3 is 0 Å². The van der Waals surface area contributed by atoms with Gasteiger partial charge in [0.15, 0.2) is 0 Å². The summed E-state index contributed by atoms with van der Waals surface area (Å²) in [5.41, 5.74) is 7.46. The molecule has 0 aliphatic heterocycles. The molecule has 0 saturated carbocycles. The first kappa shape index (κ1) is 12.0. The Morgan fingerprint density at radius 2 is 1.73 bits per heavy atom. The molecule has 1 aromatic rings. The highest BCUT2D eigenvalue weighted by Gasteiger charge is 2.06. The van der Waals surface area contributed by atoms with Crippen molar-refractivity contribution in [3.8, 4) is 0 Å². The molecule has 0 aliphatic carbocycles. The SMILES string of the molecule is CCN(CC)c1ccc(C(O)CN)cc1. The third-order valence-corrected chi connectivity index (χ3v) is 2.63. The van der Waals surface area contributed by atoms with Crippen molar-refractivity contribution in [3.63, 3.8) is 0 Å². The summed E-state index contributed by atoms with van der Waals surface area (Å²) in [6.07, 6.45) is -0.546. The molecule has 3 nitrogen and oxygen atoms in total. The fourth-order valence-electron chi connectivity index (χ4n) is 1.63. The number of nitrogens with zero attached hydrogens (tertiary/aromatic N) is 1. The second-order valence-corrected chi connectivity index (χ2v) is 3.52. The van der Waals surface area contributed by atoms with E-state index in [4.69, 9.17) is 5.73 Å². The third-order valence-electron chi connectivity index (χ3n) is 2.63. The summed E-state index contributed by atoms with van der Waals surface area (Å²) in [5.74, 6) is 0. The number of benzene rings is 1. The lowest BCUT2D eigenvalue weighted by Gasteiger charge is -2.21. The Morgan fingerprint density at radius 3 is 2.13 bits per heavy atom. The molecule has 1 aromatic carbocycles. The highest BCUT2D eigenvalue weighted by Crippen LogP contribution is 2.18. The van der Waals surface area contributed by atoms with Crippen molar-refractivity contribution in [1.29, 1.82) is 0 Å². The maximum Gasteiger partial charge on any atom is 0.0912 e. The van der Waals surface area contributed by atoms with E-state index in [0.717, 1.165) is 18.7 Å². The Balaban J connectivity index is 2.79. The van der Waals surface area contributed by atoms with Crippen molar-refractivity contribution >= 4 is 5.69 Å². The lowest BCUT2D eigenvalue weighted by Crippen LogP contribution is -2.21. The van der Waals surface area contributed by atoms with Gasteiger partial charge in [-0.25, -0.2) is 0 Å². The topological polar surface area (TPSA) is 49.5 Å². The fraction of sp³-hybridized carbons (Fsp3) is 0.500. The number of rotatable bonds is 5. The van der Waals surface area contributed by atoms with Crippen LogP contribution in [0.25, 0.3) is 0 Å². The molecule has 0 spiro atoms. The summed E-state index contributed by atoms with van der Waals surface area (Å²) in [5, 5.41) is 9.53. The number of hydrogen-bond donors (Lipinski definition) is 2. The minimum absolute atomic E-state index is 0.268. The van der Waals surface area contributed by atoms with Gasteiger partial charge in [0, 0.05) is 25.3 Å². The third kappa shape index (κ3) is 2.94. The first-order chi connectivity index (χ1) is 7.22. The first-order valence-corrected chi connectivity index (χ1v) is 5.46. The van der Waals surface area contributed by atoms with E-state index in [0.29, 0.717) is 0 Å². The maximum atomic E-state index is 9.53. The number of aliphatic hydroxyl groups is 1. The van der Waals surface area contributed by atoms with Crippen molar-refractivity contribution in [2.45, 2.75) is 20.0 Å². The van der Waals surface area contributed by atoms with Gasteiger partial charge in [-0.2, -0.15) is 0 Å². The van der Waals surface area contributed by atoms with Gasteiger partial charge < -0.3 is 15.7 Å². The van der Waals surface area contributed by atoms with E-state index in [1.807, 2.05) is 24.3 Å². The first-order valence-electron chi connectivity index (χ1n) is 5.46. The molecular weight excluding hydrogens is 188 g/mol. The molecule has 0 bridgehead atoms. The van der Waals surface area contributed by atoms with E-state index in [2.05, 4.69) is 18.7 Å². The van der Waals surface area contributed by atoms with Crippen LogP contribution in [0.3, 0.4) is 0 Å². The van der Waals surface area contributed by atoms with Crippen LogP contribution in [0.15, 0.2) is 24.3 Å². The van der Waals surface area contributed by atoms with Crippen molar-refractivity contribution < 1.29 is 5.11 Å². The summed E-state index contributed by atoms with van der Waals surface area (Å²) in [7, 11) is 0. The van der Waals surface area contributed by atoms with Gasteiger partial charge in [0.1, 0.15) is 0 Å². The van der Waals surface area contributed by atoms with Crippen LogP contribution in [0.2, 0.25) is 0 Å². The minimum atomic E-state index is -0.546. The van der Waals surface area contributed by atoms with Crippen LogP contribution in [0.1, 0.15) is 25.5 Å². The average molecular weight is 208 g/mol. The average Bonchev–Trinajstić information content (AvgIpc) is 2.30. The number of anilines is 1. The monoisotopic (exact) mass is 208 g/mol. The Labute approximate surface area is 91.5 Å². The van der Waals surface area contributed by atoms with Gasteiger partial charge in [0.2, 0.25) is 0 Å². The predicted octanol–water partition coefficient (Wildman–Crippen LogP) is 1.52. The van der Waals surface area contributed by atoms with Crippen LogP contribution in [-0.2, 0) is 0 Å². The molecule has 1 atom stereocenters. The Morgan fingerprint density at radius 1 is 1.20 bits per heavy atom. The molecule has 1 unspecified atom stereocenters. The van der Waals surface area contributed by atoms with Gasteiger partial charge in [-0.05, 0) is 31.5 Å². The summed E-state index contributed by atoms with van der Waals surface area (Å²) in [6.45, 7) is 6.52. The molecule has 3 N–H and O–H groups in total. The Bertz CT molecular complexity index is 280. The van der Waals surface area contributed by atoms with E-state index >= 15 is 0 Å². The highest BCUT2D eigenvalue weighted by atomic mass is 16.3. The molecule has 0 radical (unpaired) electrons. The zero-order valence-corrected chi connectivity index (χ0v) is 9.48. The normalized spacial score (nSPS) is 12.5. The molecule has 0 saturated heterocycles. The van der Waals surface area contributed by atoms with Crippen LogP contribution < -0.4 is 10.6 Å². The molecule has 3 heteroatoms. The molecule has 0 aliphatic rings. The zero-order chi connectivity index (χ0) is 11.3. The summed E-state index contributed by atoms with van der Waals surface area (Å²) in [4.78, 5) is 2.26. The summed E-state index contributed by atoms with van der Waals surface area (Å²) >= 11 is 0. The molecule has 0 amide bonds. The highest BCUT2D eigenvalue weighted by molar-refractivity contribution is 5.47. The molecule has 1 rings (SSSR count). The zero-order valence-electron chi connectivity index (χ0n) is 9.48. The number of hydrogen-bond acceptors (Lipinski definition) is 3. The Kier molecular flexibility index (Phi) is 4.59. The van der Waals surface area contributed by atoms with E-state index in [9.17, 15) is 5.11 Å². The van der Waals surface area contributed by atoms with Crippen molar-refractivity contribution in [2.75, 3.05) is 24.5 Å². The lowest BCUT2D eigenvalue weighted by atomic mass is 10.1. The standard InChI is InChI=1S/C12H20N2O/c1-3-14(4-2)11-7-5-10(6-8-11)12(15)9-13/h5-8,12,15H,3-4,9,13H2,1-2H3. The second kappa shape index (κ2) is 5.73. The van der Waals surface area contributed by atoms with E-state index in [1.54, 1.807) is 0 Å². The summed E-state index contributed by atoms with van der Waals surface area (Å²) < 4.78 is 0. The molecule has 0 heterocycles. The Hall–Kier alpha value is -1.06. The quantitative estimate of drug-likeness (QED) is 0.771. The fourth-order valence-corrected chi connectivity index (χ4v) is 1.63. The lowest BCUT2D eigenvalue weighted by molar-refractivity contribution is 0.187. The van der Waals surface area contributed by atoms with Gasteiger partial charge in [-0.3, -0.25) is 0 Å². The van der Waals surface area contributed by atoms with Gasteiger partial charge in [-0.1, -0.05) is 12.1 Å². The molecular formula is C12H20N2O. The van der Waals surface area contributed by atoms with Crippen LogP contribution in [0.5, 0.6) is 0 Å². The largest absolute Gasteiger partial charge is 0.387 e. The molecule has 15 heavy (non-hydrogen) atoms. The van der Waals surface area contributed by atoms with E-state index < -0.39 is 6.10 Å². The van der Waals surface area contributed by atoms with Crippen molar-refractivity contribution in [1.82, 2.24) is 0 Å². The van der Waals surface area contributed by atoms with Crippen molar-refractivity contribution in [2.24, 2.45) is 5.73 Å². The predicted molar refractivity (Wildman–Crippen MR) is 64.0 cm³/mol. The van der Waals surface area contributed by atoms with Crippen LogP contribution in [0, 0.1) is 0 Å². The smallest absolute Gasteiger partial charge is 0.0912 e. The van der Waals surface area contributed by atoms with Crippen LogP contribution >= 0.6 is 0 Å². The van der Waals surface area contributed by atoms with E-state index in [-0.39, 0.29) is 6.54 Å². The minimum Gasteiger partial charge on any atom is -0.387 e. The molecule has 84 valence electrons. The van der Waals surface area contributed by atoms with Crippen molar-refractivity contribution in [3.05, 3.63) is 29.8 Å². The second-order valence-electron chi connectivity index (χ2n) is 3.52.